The standard InChI is InChI=1S/C7H5BClFO4/c9-5-2-6(10)7(14-8(12)13)1-4(5)3-11/h1-3,12-13H. The van der Waals surface area contributed by atoms with E-state index in [4.69, 9.17) is 21.6 Å². The number of hydrogen-bond donors (Lipinski definition) is 2. The highest BCUT2D eigenvalue weighted by atomic mass is 35.5. The highest BCUT2D eigenvalue weighted by Crippen LogP contribution is 2.24. The van der Waals surface area contributed by atoms with Crippen molar-refractivity contribution in [2.45, 2.75) is 0 Å². The molecule has 7 heteroatoms. The molecule has 0 fully saturated rings. The second kappa shape index (κ2) is 4.41. The lowest BCUT2D eigenvalue weighted by Gasteiger charge is -2.07. The van der Waals surface area contributed by atoms with Crippen LogP contribution in [0.5, 0.6) is 5.75 Å². The predicted octanol–water partition coefficient (Wildman–Crippen LogP) is 0.640. The van der Waals surface area contributed by atoms with Crippen molar-refractivity contribution in [2.24, 2.45) is 0 Å². The third-order valence-electron chi connectivity index (χ3n) is 1.41. The average molecular weight is 218 g/mol. The summed E-state index contributed by atoms with van der Waals surface area (Å²) in [5.41, 5.74) is 0.00344. The molecule has 0 saturated carbocycles. The van der Waals surface area contributed by atoms with Gasteiger partial charge in [0.25, 0.3) is 0 Å². The van der Waals surface area contributed by atoms with Crippen LogP contribution in [0.25, 0.3) is 0 Å². The van der Waals surface area contributed by atoms with Crippen molar-refractivity contribution in [1.29, 1.82) is 0 Å². The van der Waals surface area contributed by atoms with E-state index < -0.39 is 18.9 Å². The van der Waals surface area contributed by atoms with E-state index >= 15 is 0 Å². The first kappa shape index (κ1) is 11.0. The zero-order valence-corrected chi connectivity index (χ0v) is 7.53. The van der Waals surface area contributed by atoms with Crippen LogP contribution in [0, 0.1) is 5.82 Å². The first-order chi connectivity index (χ1) is 6.54. The molecule has 0 radical (unpaired) electrons. The van der Waals surface area contributed by atoms with Gasteiger partial charge in [-0.15, -0.1) is 0 Å². The van der Waals surface area contributed by atoms with Gasteiger partial charge in [-0.3, -0.25) is 4.79 Å². The fourth-order valence-electron chi connectivity index (χ4n) is 0.839. The monoisotopic (exact) mass is 218 g/mol. The third kappa shape index (κ3) is 2.44. The van der Waals surface area contributed by atoms with Gasteiger partial charge in [0.15, 0.2) is 12.1 Å². The van der Waals surface area contributed by atoms with Crippen molar-refractivity contribution < 1.29 is 23.9 Å². The van der Waals surface area contributed by atoms with Gasteiger partial charge in [-0.1, -0.05) is 11.6 Å². The molecule has 2 N–H and O–H groups in total. The van der Waals surface area contributed by atoms with Crippen LogP contribution >= 0.6 is 11.6 Å². The summed E-state index contributed by atoms with van der Waals surface area (Å²) < 4.78 is 17.2. The summed E-state index contributed by atoms with van der Waals surface area (Å²) in [4.78, 5) is 10.4. The first-order valence-electron chi connectivity index (χ1n) is 3.51. The maximum atomic E-state index is 13.0. The van der Waals surface area contributed by atoms with Crippen LogP contribution in [0.4, 0.5) is 4.39 Å². The van der Waals surface area contributed by atoms with Gasteiger partial charge in [-0.05, 0) is 12.1 Å². The van der Waals surface area contributed by atoms with Gasteiger partial charge in [0.05, 0.1) is 5.02 Å². The molecule has 1 rings (SSSR count). The van der Waals surface area contributed by atoms with E-state index in [1.807, 2.05) is 0 Å². The Morgan fingerprint density at radius 2 is 2.14 bits per heavy atom. The lowest BCUT2D eigenvalue weighted by molar-refractivity contribution is 0.112. The van der Waals surface area contributed by atoms with Gasteiger partial charge in [-0.25, -0.2) is 4.39 Å². The van der Waals surface area contributed by atoms with Gasteiger partial charge in [0.1, 0.15) is 5.75 Å². The van der Waals surface area contributed by atoms with Crippen LogP contribution in [0.1, 0.15) is 10.4 Å². The van der Waals surface area contributed by atoms with Crippen LogP contribution in [-0.2, 0) is 0 Å². The molecule has 0 aliphatic carbocycles. The van der Waals surface area contributed by atoms with E-state index in [9.17, 15) is 9.18 Å². The van der Waals surface area contributed by atoms with E-state index in [0.29, 0.717) is 6.29 Å². The molecule has 74 valence electrons. The molecule has 0 aliphatic rings. The van der Waals surface area contributed by atoms with E-state index in [0.717, 1.165) is 12.1 Å². The lowest BCUT2D eigenvalue weighted by atomic mass is 10.2. The zero-order valence-electron chi connectivity index (χ0n) is 6.78. The number of hydrogen-bond acceptors (Lipinski definition) is 4. The molecule has 0 heterocycles. The highest BCUT2D eigenvalue weighted by Gasteiger charge is 2.16. The molecular weight excluding hydrogens is 213 g/mol. The van der Waals surface area contributed by atoms with Crippen molar-refractivity contribution in [3.8, 4) is 5.75 Å². The lowest BCUT2D eigenvalue weighted by Crippen LogP contribution is -2.21. The van der Waals surface area contributed by atoms with Crippen molar-refractivity contribution in [3.63, 3.8) is 0 Å². The summed E-state index contributed by atoms with van der Waals surface area (Å²) in [6, 6.07) is 1.83. The second-order valence-electron chi connectivity index (χ2n) is 2.37. The summed E-state index contributed by atoms with van der Waals surface area (Å²) in [6.07, 6.45) is 0.401. The van der Waals surface area contributed by atoms with E-state index in [2.05, 4.69) is 4.65 Å². The smallest absolute Gasteiger partial charge is 0.510 e. The minimum atomic E-state index is -2.15. The predicted molar refractivity (Wildman–Crippen MR) is 47.6 cm³/mol. The molecule has 0 amide bonds. The van der Waals surface area contributed by atoms with E-state index in [-0.39, 0.29) is 10.6 Å². The minimum absolute atomic E-state index is 0.00344. The van der Waals surface area contributed by atoms with Crippen LogP contribution in [0.15, 0.2) is 12.1 Å². The third-order valence-corrected chi connectivity index (χ3v) is 1.74. The van der Waals surface area contributed by atoms with Crippen LogP contribution in [-0.4, -0.2) is 23.7 Å². The molecular formula is C7H5BClFO4. The van der Waals surface area contributed by atoms with Gasteiger partial charge < -0.3 is 14.7 Å². The maximum Gasteiger partial charge on any atom is 0.707 e. The molecule has 0 aromatic heterocycles. The normalized spacial score (nSPS) is 9.71. The fraction of sp³-hybridized carbons (Fsp3) is 0. The number of halogens is 2. The molecule has 4 nitrogen and oxygen atoms in total. The van der Waals surface area contributed by atoms with E-state index in [1.165, 1.54) is 0 Å². The minimum Gasteiger partial charge on any atom is -0.510 e. The Bertz CT molecular complexity index is 358. The van der Waals surface area contributed by atoms with Gasteiger partial charge in [-0.2, -0.15) is 0 Å². The van der Waals surface area contributed by atoms with Gasteiger partial charge >= 0.3 is 7.32 Å². The van der Waals surface area contributed by atoms with Crippen LogP contribution in [0.3, 0.4) is 0 Å². The van der Waals surface area contributed by atoms with Gasteiger partial charge in [0.2, 0.25) is 0 Å². The summed E-state index contributed by atoms with van der Waals surface area (Å²) in [5, 5.41) is 16.7. The van der Waals surface area contributed by atoms with Crippen molar-refractivity contribution >= 4 is 25.2 Å². The molecule has 0 atom stereocenters. The zero-order chi connectivity index (χ0) is 10.7. The number of carbonyl (C=O) groups excluding carboxylic acids is 1. The van der Waals surface area contributed by atoms with Crippen molar-refractivity contribution in [1.82, 2.24) is 0 Å². The highest BCUT2D eigenvalue weighted by molar-refractivity contribution is 6.34. The Hall–Kier alpha value is -1.11. The number of rotatable bonds is 3. The fourth-order valence-corrected chi connectivity index (χ4v) is 1.03. The Morgan fingerprint density at radius 3 is 2.64 bits per heavy atom. The first-order valence-corrected chi connectivity index (χ1v) is 3.89. The molecule has 0 spiro atoms. The maximum absolute atomic E-state index is 13.0. The molecule has 1 aromatic rings. The summed E-state index contributed by atoms with van der Waals surface area (Å²) in [5.74, 6) is -1.33. The Balaban J connectivity index is 3.10. The topological polar surface area (TPSA) is 66.8 Å². The molecule has 1 aromatic carbocycles. The molecule has 0 bridgehead atoms. The summed E-state index contributed by atoms with van der Waals surface area (Å²) in [7, 11) is -2.15. The second-order valence-corrected chi connectivity index (χ2v) is 2.77. The van der Waals surface area contributed by atoms with Gasteiger partial charge in [0, 0.05) is 5.56 Å². The molecule has 0 unspecified atom stereocenters. The quantitative estimate of drug-likeness (QED) is 0.577. The SMILES string of the molecule is O=Cc1cc(OB(O)O)c(F)cc1Cl. The van der Waals surface area contributed by atoms with Crippen molar-refractivity contribution in [2.75, 3.05) is 0 Å². The van der Waals surface area contributed by atoms with Crippen LogP contribution in [0.2, 0.25) is 5.02 Å². The number of carbonyl (C=O) groups is 1. The van der Waals surface area contributed by atoms with Crippen LogP contribution < -0.4 is 4.65 Å². The number of aldehydes is 1. The molecule has 0 saturated heterocycles. The Morgan fingerprint density at radius 1 is 1.50 bits per heavy atom. The largest absolute Gasteiger partial charge is 0.707 e. The number of benzene rings is 1. The summed E-state index contributed by atoms with van der Waals surface area (Å²) >= 11 is 5.49. The molecule has 0 aliphatic heterocycles. The van der Waals surface area contributed by atoms with E-state index in [1.54, 1.807) is 0 Å². The average Bonchev–Trinajstić information content (AvgIpc) is 2.09. The molecule has 14 heavy (non-hydrogen) atoms. The Kier molecular flexibility index (Phi) is 3.46. The summed E-state index contributed by atoms with van der Waals surface area (Å²) in [6.45, 7) is 0. The van der Waals surface area contributed by atoms with Crippen molar-refractivity contribution in [3.05, 3.63) is 28.5 Å². The Labute approximate surface area is 84.1 Å².